The number of anilines is 1. The predicted octanol–water partition coefficient (Wildman–Crippen LogP) is 1.79. The highest BCUT2D eigenvalue weighted by Gasteiger charge is 2.21. The van der Waals surface area contributed by atoms with Crippen LogP contribution in [0.15, 0.2) is 29.2 Å². The fourth-order valence-electron chi connectivity index (χ4n) is 1.78. The highest BCUT2D eigenvalue weighted by atomic mass is 32.2. The van der Waals surface area contributed by atoms with Crippen LogP contribution in [-0.4, -0.2) is 32.8 Å². The van der Waals surface area contributed by atoms with E-state index in [-0.39, 0.29) is 16.5 Å². The highest BCUT2D eigenvalue weighted by Crippen LogP contribution is 2.29. The molecular formula is C13H17N3O4S. The third-order valence-corrected chi connectivity index (χ3v) is 4.31. The van der Waals surface area contributed by atoms with Gasteiger partial charge < -0.3 is 9.47 Å². The summed E-state index contributed by atoms with van der Waals surface area (Å²) in [6, 6.07) is 6.14. The fourth-order valence-corrected chi connectivity index (χ4v) is 2.93. The standard InChI is InChI=1S/C13H17N3O4S/c1-4-9-7-13(15-14-9)16-21(17,18)12-6-5-10(19-2)8-11(12)20-3/h5-8H,4H2,1-3H3,(H2,14,15,16). The minimum Gasteiger partial charge on any atom is -0.497 e. The molecule has 1 aromatic heterocycles. The average Bonchev–Trinajstić information content (AvgIpc) is 2.93. The lowest BCUT2D eigenvalue weighted by atomic mass is 10.3. The summed E-state index contributed by atoms with van der Waals surface area (Å²) in [5, 5.41) is 6.65. The first-order valence-electron chi connectivity index (χ1n) is 6.29. The van der Waals surface area contributed by atoms with E-state index in [1.807, 2.05) is 6.92 Å². The van der Waals surface area contributed by atoms with Crippen molar-refractivity contribution in [3.05, 3.63) is 30.0 Å². The van der Waals surface area contributed by atoms with E-state index in [4.69, 9.17) is 9.47 Å². The molecule has 1 aromatic carbocycles. The van der Waals surface area contributed by atoms with Gasteiger partial charge in [0.1, 0.15) is 16.4 Å². The Labute approximate surface area is 123 Å². The van der Waals surface area contributed by atoms with Crippen LogP contribution in [0.1, 0.15) is 12.6 Å². The lowest BCUT2D eigenvalue weighted by Crippen LogP contribution is -2.14. The molecule has 0 atom stereocenters. The molecule has 0 bridgehead atoms. The normalized spacial score (nSPS) is 11.2. The van der Waals surface area contributed by atoms with E-state index >= 15 is 0 Å². The molecule has 0 fully saturated rings. The second kappa shape index (κ2) is 6.04. The zero-order chi connectivity index (χ0) is 15.5. The number of ether oxygens (including phenoxy) is 2. The number of aromatic amines is 1. The minimum absolute atomic E-state index is 0.0202. The Hall–Kier alpha value is -2.22. The number of rotatable bonds is 6. The molecule has 0 aliphatic rings. The van der Waals surface area contributed by atoms with Gasteiger partial charge in [-0.25, -0.2) is 8.42 Å². The van der Waals surface area contributed by atoms with Crippen molar-refractivity contribution in [2.75, 3.05) is 18.9 Å². The molecule has 2 N–H and O–H groups in total. The molecular weight excluding hydrogens is 294 g/mol. The molecule has 0 amide bonds. The van der Waals surface area contributed by atoms with E-state index in [0.29, 0.717) is 5.75 Å². The molecule has 2 rings (SSSR count). The lowest BCUT2D eigenvalue weighted by Gasteiger charge is -2.11. The van der Waals surface area contributed by atoms with Gasteiger partial charge in [0.25, 0.3) is 10.0 Å². The van der Waals surface area contributed by atoms with Crippen LogP contribution in [0.2, 0.25) is 0 Å². The van der Waals surface area contributed by atoms with Crippen molar-refractivity contribution in [2.45, 2.75) is 18.2 Å². The van der Waals surface area contributed by atoms with Gasteiger partial charge in [-0.1, -0.05) is 6.92 Å². The first-order valence-corrected chi connectivity index (χ1v) is 7.77. The van der Waals surface area contributed by atoms with Crippen LogP contribution in [-0.2, 0) is 16.4 Å². The van der Waals surface area contributed by atoms with Crippen LogP contribution in [0.4, 0.5) is 5.82 Å². The van der Waals surface area contributed by atoms with Gasteiger partial charge in [-0.2, -0.15) is 5.10 Å². The Bertz CT molecular complexity index is 725. The smallest absolute Gasteiger partial charge is 0.266 e. The molecule has 21 heavy (non-hydrogen) atoms. The van der Waals surface area contributed by atoms with Crippen LogP contribution in [0, 0.1) is 0 Å². The Kier molecular flexibility index (Phi) is 4.37. The number of aryl methyl sites for hydroxylation is 1. The quantitative estimate of drug-likeness (QED) is 0.848. The first kappa shape index (κ1) is 15.2. The number of hydrogen-bond acceptors (Lipinski definition) is 5. The molecule has 0 aliphatic carbocycles. The lowest BCUT2D eigenvalue weighted by molar-refractivity contribution is 0.386. The maximum absolute atomic E-state index is 12.4. The van der Waals surface area contributed by atoms with Gasteiger partial charge in [-0.15, -0.1) is 0 Å². The molecule has 0 radical (unpaired) electrons. The maximum Gasteiger partial charge on any atom is 0.266 e. The van der Waals surface area contributed by atoms with Crippen LogP contribution in [0.3, 0.4) is 0 Å². The molecule has 0 unspecified atom stereocenters. The van der Waals surface area contributed by atoms with E-state index in [1.165, 1.54) is 26.4 Å². The third-order valence-electron chi connectivity index (χ3n) is 2.91. The number of methoxy groups -OCH3 is 2. The summed E-state index contributed by atoms with van der Waals surface area (Å²) in [7, 11) is -0.891. The van der Waals surface area contributed by atoms with Gasteiger partial charge in [0.15, 0.2) is 5.82 Å². The zero-order valence-corrected chi connectivity index (χ0v) is 12.8. The van der Waals surface area contributed by atoms with Crippen molar-refractivity contribution in [2.24, 2.45) is 0 Å². The number of nitrogens with one attached hydrogen (secondary N) is 2. The van der Waals surface area contributed by atoms with Gasteiger partial charge >= 0.3 is 0 Å². The van der Waals surface area contributed by atoms with Crippen molar-refractivity contribution >= 4 is 15.8 Å². The molecule has 114 valence electrons. The highest BCUT2D eigenvalue weighted by molar-refractivity contribution is 7.92. The minimum atomic E-state index is -3.79. The number of nitrogens with zero attached hydrogens (tertiary/aromatic N) is 1. The van der Waals surface area contributed by atoms with Gasteiger partial charge in [-0.3, -0.25) is 9.82 Å². The molecule has 0 saturated heterocycles. The van der Waals surface area contributed by atoms with Crippen molar-refractivity contribution in [1.29, 1.82) is 0 Å². The summed E-state index contributed by atoms with van der Waals surface area (Å²) in [4.78, 5) is 0.0202. The molecule has 0 spiro atoms. The fraction of sp³-hybridized carbons (Fsp3) is 0.308. The van der Waals surface area contributed by atoms with Gasteiger partial charge in [0.05, 0.1) is 14.2 Å². The first-order chi connectivity index (χ1) is 10.00. The molecule has 1 heterocycles. The average molecular weight is 311 g/mol. The van der Waals surface area contributed by atoms with E-state index < -0.39 is 10.0 Å². The number of sulfonamides is 1. The molecule has 0 saturated carbocycles. The largest absolute Gasteiger partial charge is 0.497 e. The second-order valence-corrected chi connectivity index (χ2v) is 5.91. The summed E-state index contributed by atoms with van der Waals surface area (Å²) < 4.78 is 37.4. The Morgan fingerprint density at radius 3 is 2.57 bits per heavy atom. The number of hydrogen-bond donors (Lipinski definition) is 2. The number of benzene rings is 1. The van der Waals surface area contributed by atoms with E-state index in [1.54, 1.807) is 12.1 Å². The Morgan fingerprint density at radius 2 is 2.00 bits per heavy atom. The van der Waals surface area contributed by atoms with E-state index in [9.17, 15) is 8.42 Å². The van der Waals surface area contributed by atoms with Crippen LogP contribution in [0.5, 0.6) is 11.5 Å². The van der Waals surface area contributed by atoms with Crippen LogP contribution >= 0.6 is 0 Å². The van der Waals surface area contributed by atoms with Gasteiger partial charge in [0, 0.05) is 17.8 Å². The molecule has 8 heteroatoms. The Balaban J connectivity index is 2.34. The second-order valence-electron chi connectivity index (χ2n) is 4.25. The monoisotopic (exact) mass is 311 g/mol. The van der Waals surface area contributed by atoms with Crippen molar-refractivity contribution in [3.8, 4) is 11.5 Å². The van der Waals surface area contributed by atoms with Gasteiger partial charge in [0.2, 0.25) is 0 Å². The topological polar surface area (TPSA) is 93.3 Å². The summed E-state index contributed by atoms with van der Waals surface area (Å²) in [6.45, 7) is 1.94. The molecule has 7 nitrogen and oxygen atoms in total. The predicted molar refractivity (Wildman–Crippen MR) is 78.3 cm³/mol. The maximum atomic E-state index is 12.4. The van der Waals surface area contributed by atoms with Crippen molar-refractivity contribution in [1.82, 2.24) is 10.2 Å². The molecule has 0 aliphatic heterocycles. The SMILES string of the molecule is CCc1cc(NS(=O)(=O)c2ccc(OC)cc2OC)n[nH]1. The summed E-state index contributed by atoms with van der Waals surface area (Å²) in [5.41, 5.74) is 0.842. The molecule has 2 aromatic rings. The van der Waals surface area contributed by atoms with Gasteiger partial charge in [-0.05, 0) is 18.6 Å². The van der Waals surface area contributed by atoms with Crippen LogP contribution in [0.25, 0.3) is 0 Å². The van der Waals surface area contributed by atoms with E-state index in [0.717, 1.165) is 12.1 Å². The van der Waals surface area contributed by atoms with Crippen molar-refractivity contribution in [3.63, 3.8) is 0 Å². The summed E-state index contributed by atoms with van der Waals surface area (Å²) in [5.74, 6) is 0.955. The van der Waals surface area contributed by atoms with E-state index in [2.05, 4.69) is 14.9 Å². The number of aromatic nitrogens is 2. The zero-order valence-electron chi connectivity index (χ0n) is 12.0. The van der Waals surface area contributed by atoms with Crippen molar-refractivity contribution < 1.29 is 17.9 Å². The number of H-pyrrole nitrogens is 1. The third kappa shape index (κ3) is 3.27. The summed E-state index contributed by atoms with van der Waals surface area (Å²) >= 11 is 0. The summed E-state index contributed by atoms with van der Waals surface area (Å²) in [6.07, 6.45) is 0.737. The van der Waals surface area contributed by atoms with Crippen LogP contribution < -0.4 is 14.2 Å². The Morgan fingerprint density at radius 1 is 1.24 bits per heavy atom.